The molecule has 0 saturated carbocycles. The highest BCUT2D eigenvalue weighted by molar-refractivity contribution is 5.86. The van der Waals surface area contributed by atoms with Crippen LogP contribution < -0.4 is 9.47 Å². The van der Waals surface area contributed by atoms with E-state index in [1.54, 1.807) is 48.6 Å². The summed E-state index contributed by atoms with van der Waals surface area (Å²) in [6, 6.07) is 8.94. The maximum Gasteiger partial charge on any atom is 0.311 e. The Bertz CT molecular complexity index is 770. The summed E-state index contributed by atoms with van der Waals surface area (Å²) in [7, 11) is 3.08. The Morgan fingerprint density at radius 2 is 2.08 bits per heavy atom. The quantitative estimate of drug-likeness (QED) is 0.707. The minimum Gasteiger partial charge on any atom is -0.493 e. The van der Waals surface area contributed by atoms with E-state index in [2.05, 4.69) is 0 Å². The van der Waals surface area contributed by atoms with Gasteiger partial charge in [-0.05, 0) is 18.2 Å². The lowest BCUT2D eigenvalue weighted by Crippen LogP contribution is -2.26. The topological polar surface area (TPSA) is 78.2 Å². The Labute approximate surface area is 151 Å². The first kappa shape index (κ1) is 17.8. The van der Waals surface area contributed by atoms with Gasteiger partial charge in [-0.3, -0.25) is 9.59 Å². The third kappa shape index (κ3) is 3.82. The molecule has 7 heteroatoms. The van der Waals surface area contributed by atoms with Crippen LogP contribution >= 0.6 is 0 Å². The van der Waals surface area contributed by atoms with Gasteiger partial charge in [-0.25, -0.2) is 0 Å². The number of hydrogen-bond donors (Lipinski definition) is 0. The number of rotatable bonds is 7. The molecule has 0 radical (unpaired) electrons. The molecule has 1 atom stereocenters. The number of likely N-dealkylation sites (tertiary alicyclic amines) is 1. The summed E-state index contributed by atoms with van der Waals surface area (Å²) in [6.07, 6.45) is 1.71. The van der Waals surface area contributed by atoms with Crippen molar-refractivity contribution in [2.45, 2.75) is 19.6 Å². The number of carbonyl (C=O) groups excluding carboxylic acids is 2. The summed E-state index contributed by atoms with van der Waals surface area (Å²) < 4.78 is 21.2. The van der Waals surface area contributed by atoms with Crippen LogP contribution in [0.4, 0.5) is 0 Å². The molecular formula is C19H21NO6. The number of amides is 1. The third-order valence-electron chi connectivity index (χ3n) is 4.33. The Hall–Kier alpha value is -2.96. The van der Waals surface area contributed by atoms with E-state index in [1.807, 2.05) is 0 Å². The van der Waals surface area contributed by atoms with Crippen LogP contribution in [0.15, 0.2) is 41.0 Å². The number of nitrogens with zero attached hydrogens (tertiary/aromatic N) is 1. The molecule has 1 aromatic heterocycles. The first-order valence-electron chi connectivity index (χ1n) is 8.29. The lowest BCUT2D eigenvalue weighted by atomic mass is 10.1. The summed E-state index contributed by atoms with van der Waals surface area (Å²) in [4.78, 5) is 26.1. The lowest BCUT2D eigenvalue weighted by Gasteiger charge is -2.15. The normalized spacial score (nSPS) is 16.6. The van der Waals surface area contributed by atoms with Crippen molar-refractivity contribution in [2.75, 3.05) is 20.8 Å². The van der Waals surface area contributed by atoms with Crippen LogP contribution in [0.5, 0.6) is 11.5 Å². The first-order valence-corrected chi connectivity index (χ1v) is 8.29. The fraction of sp³-hybridized carbons (Fsp3) is 0.368. The van der Waals surface area contributed by atoms with Gasteiger partial charge in [-0.2, -0.15) is 0 Å². The predicted octanol–water partition coefficient (Wildman–Crippen LogP) is 2.39. The molecule has 2 aromatic rings. The number of furan rings is 1. The Morgan fingerprint density at radius 1 is 1.23 bits per heavy atom. The zero-order valence-corrected chi connectivity index (χ0v) is 14.8. The Kier molecular flexibility index (Phi) is 5.46. The highest BCUT2D eigenvalue weighted by Crippen LogP contribution is 2.31. The molecule has 1 aromatic carbocycles. The second kappa shape index (κ2) is 7.95. The fourth-order valence-electron chi connectivity index (χ4n) is 3.01. The van der Waals surface area contributed by atoms with Gasteiger partial charge in [0.2, 0.25) is 5.91 Å². The van der Waals surface area contributed by atoms with Crippen LogP contribution in [-0.4, -0.2) is 37.5 Å². The number of hydrogen-bond acceptors (Lipinski definition) is 6. The van der Waals surface area contributed by atoms with Crippen LogP contribution in [-0.2, 0) is 27.5 Å². The summed E-state index contributed by atoms with van der Waals surface area (Å²) in [5.74, 6) is 0.835. The van der Waals surface area contributed by atoms with Crippen LogP contribution in [0, 0.1) is 5.92 Å². The van der Waals surface area contributed by atoms with Gasteiger partial charge in [0.25, 0.3) is 0 Å². The van der Waals surface area contributed by atoms with Crippen molar-refractivity contribution < 1.29 is 28.2 Å². The maximum atomic E-state index is 12.4. The molecule has 7 nitrogen and oxygen atoms in total. The van der Waals surface area contributed by atoms with Gasteiger partial charge < -0.3 is 23.5 Å². The monoisotopic (exact) mass is 359 g/mol. The molecule has 0 bridgehead atoms. The van der Waals surface area contributed by atoms with E-state index >= 15 is 0 Å². The molecule has 0 N–H and O–H groups in total. The highest BCUT2D eigenvalue weighted by Gasteiger charge is 2.35. The van der Waals surface area contributed by atoms with Gasteiger partial charge in [0.05, 0.1) is 32.9 Å². The summed E-state index contributed by atoms with van der Waals surface area (Å²) in [5.41, 5.74) is 0.706. The first-order chi connectivity index (χ1) is 12.6. The zero-order chi connectivity index (χ0) is 18.5. The summed E-state index contributed by atoms with van der Waals surface area (Å²) in [6.45, 7) is 0.745. The van der Waals surface area contributed by atoms with Gasteiger partial charge in [-0.1, -0.05) is 12.1 Å². The molecule has 1 aliphatic rings. The molecule has 138 valence electrons. The molecule has 2 heterocycles. The molecule has 1 amide bonds. The van der Waals surface area contributed by atoms with E-state index in [4.69, 9.17) is 18.6 Å². The maximum absolute atomic E-state index is 12.4. The van der Waals surface area contributed by atoms with Crippen LogP contribution in [0.3, 0.4) is 0 Å². The molecule has 1 fully saturated rings. The van der Waals surface area contributed by atoms with Crippen LogP contribution in [0.2, 0.25) is 0 Å². The van der Waals surface area contributed by atoms with Crippen molar-refractivity contribution in [1.82, 2.24) is 4.90 Å². The van der Waals surface area contributed by atoms with E-state index in [-0.39, 0.29) is 18.9 Å². The number of esters is 1. The van der Waals surface area contributed by atoms with Gasteiger partial charge >= 0.3 is 5.97 Å². The molecule has 3 rings (SSSR count). The predicted molar refractivity (Wildman–Crippen MR) is 91.6 cm³/mol. The molecule has 0 unspecified atom stereocenters. The van der Waals surface area contributed by atoms with Crippen molar-refractivity contribution in [3.8, 4) is 11.5 Å². The number of carbonyl (C=O) groups is 2. The number of benzene rings is 1. The smallest absolute Gasteiger partial charge is 0.311 e. The van der Waals surface area contributed by atoms with Crippen molar-refractivity contribution in [3.63, 3.8) is 0 Å². The van der Waals surface area contributed by atoms with E-state index in [9.17, 15) is 9.59 Å². The van der Waals surface area contributed by atoms with Gasteiger partial charge in [0.15, 0.2) is 11.5 Å². The van der Waals surface area contributed by atoms with Crippen LogP contribution in [0.1, 0.15) is 17.7 Å². The minimum absolute atomic E-state index is 0.0576. The van der Waals surface area contributed by atoms with Crippen molar-refractivity contribution in [3.05, 3.63) is 47.9 Å². The van der Waals surface area contributed by atoms with E-state index in [0.29, 0.717) is 35.9 Å². The molecule has 1 saturated heterocycles. The van der Waals surface area contributed by atoms with E-state index in [1.165, 1.54) is 7.11 Å². The average Bonchev–Trinajstić information content (AvgIpc) is 3.29. The zero-order valence-electron chi connectivity index (χ0n) is 14.8. The van der Waals surface area contributed by atoms with Crippen molar-refractivity contribution in [2.24, 2.45) is 5.92 Å². The third-order valence-corrected chi connectivity index (χ3v) is 4.33. The summed E-state index contributed by atoms with van der Waals surface area (Å²) >= 11 is 0. The minimum atomic E-state index is -0.478. The summed E-state index contributed by atoms with van der Waals surface area (Å²) in [5, 5.41) is 0. The number of para-hydroxylation sites is 1. The molecular weight excluding hydrogens is 338 g/mol. The fourth-order valence-corrected chi connectivity index (χ4v) is 3.01. The number of methoxy groups -OCH3 is 2. The molecule has 0 aliphatic carbocycles. The Balaban J connectivity index is 1.58. The van der Waals surface area contributed by atoms with Gasteiger partial charge in [-0.15, -0.1) is 0 Å². The Morgan fingerprint density at radius 3 is 2.77 bits per heavy atom. The largest absolute Gasteiger partial charge is 0.493 e. The standard InChI is InChI=1S/C19H21NO6/c1-23-16-7-3-5-13(18(16)24-2)12-26-19(22)14-9-17(21)20(10-14)11-15-6-4-8-25-15/h3-8,14H,9-12H2,1-2H3/t14-/m1/s1. The molecule has 26 heavy (non-hydrogen) atoms. The van der Waals surface area contributed by atoms with Crippen molar-refractivity contribution >= 4 is 11.9 Å². The second-order valence-electron chi connectivity index (χ2n) is 6.02. The SMILES string of the molecule is COc1cccc(COC(=O)[C@@H]2CC(=O)N(Cc3ccco3)C2)c1OC. The van der Waals surface area contributed by atoms with E-state index in [0.717, 1.165) is 0 Å². The number of ether oxygens (including phenoxy) is 3. The van der Waals surface area contributed by atoms with Crippen LogP contribution in [0.25, 0.3) is 0 Å². The van der Waals surface area contributed by atoms with Gasteiger partial charge in [0, 0.05) is 18.5 Å². The van der Waals surface area contributed by atoms with Gasteiger partial charge in [0.1, 0.15) is 12.4 Å². The van der Waals surface area contributed by atoms with Crippen molar-refractivity contribution in [1.29, 1.82) is 0 Å². The van der Waals surface area contributed by atoms with E-state index < -0.39 is 11.9 Å². The highest BCUT2D eigenvalue weighted by atomic mass is 16.5. The average molecular weight is 359 g/mol. The molecule has 1 aliphatic heterocycles. The molecule has 0 spiro atoms. The second-order valence-corrected chi connectivity index (χ2v) is 6.02. The lowest BCUT2D eigenvalue weighted by molar-refractivity contribution is -0.149.